The van der Waals surface area contributed by atoms with Gasteiger partial charge >= 0.3 is 0 Å². The Morgan fingerprint density at radius 3 is 2.88 bits per heavy atom. The molecule has 2 aliphatic heterocycles. The lowest BCUT2D eigenvalue weighted by Gasteiger charge is -2.40. The first-order valence-corrected chi connectivity index (χ1v) is 5.91. The number of nitrogens with zero attached hydrogens (tertiary/aromatic N) is 1. The molecule has 0 saturated carbocycles. The number of ether oxygens (including phenoxy) is 1. The summed E-state index contributed by atoms with van der Waals surface area (Å²) in [5, 5.41) is 5.64. The summed E-state index contributed by atoms with van der Waals surface area (Å²) in [5.74, 6) is -0.0160. The highest BCUT2D eigenvalue weighted by Crippen LogP contribution is 2.17. The van der Waals surface area contributed by atoms with Crippen molar-refractivity contribution in [3.63, 3.8) is 0 Å². The number of amides is 2. The quantitative estimate of drug-likeness (QED) is 0.599. The van der Waals surface area contributed by atoms with Gasteiger partial charge in [-0.25, -0.2) is 0 Å². The molecule has 0 bridgehead atoms. The molecule has 2 aliphatic rings. The van der Waals surface area contributed by atoms with E-state index in [-0.39, 0.29) is 30.0 Å². The number of carbonyl (C=O) groups excluding carboxylic acids is 2. The van der Waals surface area contributed by atoms with Crippen molar-refractivity contribution in [1.29, 1.82) is 0 Å². The molecule has 2 N–H and O–H groups in total. The fourth-order valence-electron chi connectivity index (χ4n) is 2.17. The molecule has 2 amide bonds. The van der Waals surface area contributed by atoms with Gasteiger partial charge in [0.25, 0.3) is 0 Å². The maximum absolute atomic E-state index is 12.2. The van der Waals surface area contributed by atoms with Crippen LogP contribution in [0.1, 0.15) is 13.8 Å². The van der Waals surface area contributed by atoms with Crippen LogP contribution in [-0.2, 0) is 14.3 Å². The molecule has 17 heavy (non-hydrogen) atoms. The predicted octanol–water partition coefficient (Wildman–Crippen LogP) is -1.29. The lowest BCUT2D eigenvalue weighted by atomic mass is 10.1. The van der Waals surface area contributed by atoms with E-state index in [0.29, 0.717) is 26.2 Å². The molecule has 0 spiro atoms. The molecule has 96 valence electrons. The van der Waals surface area contributed by atoms with Crippen molar-refractivity contribution in [3.8, 4) is 0 Å². The van der Waals surface area contributed by atoms with Crippen LogP contribution in [0.15, 0.2) is 0 Å². The summed E-state index contributed by atoms with van der Waals surface area (Å²) in [6.07, 6.45) is 0. The minimum absolute atomic E-state index is 0.0429. The van der Waals surface area contributed by atoms with Crippen LogP contribution in [0.4, 0.5) is 0 Å². The van der Waals surface area contributed by atoms with E-state index in [9.17, 15) is 9.59 Å². The van der Waals surface area contributed by atoms with Gasteiger partial charge in [-0.15, -0.1) is 0 Å². The maximum atomic E-state index is 12.2. The number of hydrogen-bond donors (Lipinski definition) is 2. The van der Waals surface area contributed by atoms with Gasteiger partial charge in [-0.2, -0.15) is 0 Å². The first-order chi connectivity index (χ1) is 7.98. The first-order valence-electron chi connectivity index (χ1n) is 5.91. The second-order valence-corrected chi connectivity index (χ2v) is 5.11. The highest BCUT2D eigenvalue weighted by molar-refractivity contribution is 5.86. The second-order valence-electron chi connectivity index (χ2n) is 5.11. The summed E-state index contributed by atoms with van der Waals surface area (Å²) in [6, 6.07) is -0.304. The largest absolute Gasteiger partial charge is 0.372 e. The molecule has 0 aliphatic carbocycles. The molecular formula is C11H19N3O3. The van der Waals surface area contributed by atoms with Crippen LogP contribution in [0.3, 0.4) is 0 Å². The van der Waals surface area contributed by atoms with Crippen molar-refractivity contribution in [2.45, 2.75) is 25.5 Å². The molecule has 1 unspecified atom stereocenters. The van der Waals surface area contributed by atoms with E-state index in [4.69, 9.17) is 4.74 Å². The zero-order valence-corrected chi connectivity index (χ0v) is 10.3. The third-order valence-corrected chi connectivity index (χ3v) is 3.05. The smallest absolute Gasteiger partial charge is 0.241 e. The van der Waals surface area contributed by atoms with E-state index in [0.717, 1.165) is 0 Å². The lowest BCUT2D eigenvalue weighted by molar-refractivity contribution is -0.148. The molecule has 2 saturated heterocycles. The zero-order chi connectivity index (χ0) is 12.5. The van der Waals surface area contributed by atoms with E-state index < -0.39 is 0 Å². The molecule has 6 heteroatoms. The molecule has 0 aromatic rings. The first kappa shape index (κ1) is 12.3. The molecule has 0 radical (unpaired) electrons. The summed E-state index contributed by atoms with van der Waals surface area (Å²) in [5.41, 5.74) is -0.286. The number of nitrogens with one attached hydrogen (secondary N) is 2. The Balaban J connectivity index is 1.93. The van der Waals surface area contributed by atoms with Gasteiger partial charge < -0.3 is 15.0 Å². The van der Waals surface area contributed by atoms with Crippen LogP contribution < -0.4 is 10.6 Å². The Morgan fingerprint density at radius 1 is 1.53 bits per heavy atom. The van der Waals surface area contributed by atoms with Gasteiger partial charge in [0.1, 0.15) is 6.04 Å². The van der Waals surface area contributed by atoms with Crippen LogP contribution in [0, 0.1) is 0 Å². The number of carbonyl (C=O) groups is 2. The molecule has 2 rings (SSSR count). The van der Waals surface area contributed by atoms with E-state index in [2.05, 4.69) is 10.6 Å². The van der Waals surface area contributed by atoms with Gasteiger partial charge in [0, 0.05) is 19.6 Å². The van der Waals surface area contributed by atoms with Gasteiger partial charge in [0.05, 0.1) is 18.8 Å². The van der Waals surface area contributed by atoms with Crippen molar-refractivity contribution >= 4 is 11.8 Å². The van der Waals surface area contributed by atoms with E-state index in [1.54, 1.807) is 4.90 Å². The SMILES string of the molecule is CC1(C)CN(C(=O)C2CNC(=O)CN2)CCO1. The Hall–Kier alpha value is -1.14. The Labute approximate surface area is 101 Å². The summed E-state index contributed by atoms with van der Waals surface area (Å²) < 4.78 is 5.57. The van der Waals surface area contributed by atoms with Crippen molar-refractivity contribution in [3.05, 3.63) is 0 Å². The summed E-state index contributed by atoms with van der Waals surface area (Å²) in [7, 11) is 0. The summed E-state index contributed by atoms with van der Waals surface area (Å²) in [6.45, 7) is 6.31. The van der Waals surface area contributed by atoms with E-state index >= 15 is 0 Å². The van der Waals surface area contributed by atoms with E-state index in [1.807, 2.05) is 13.8 Å². The normalized spacial score (nSPS) is 28.7. The van der Waals surface area contributed by atoms with Gasteiger partial charge in [-0.05, 0) is 13.8 Å². The molecule has 1 atom stereocenters. The van der Waals surface area contributed by atoms with Crippen LogP contribution in [0.5, 0.6) is 0 Å². The summed E-state index contributed by atoms with van der Waals surface area (Å²) >= 11 is 0. The maximum Gasteiger partial charge on any atom is 0.241 e. The Morgan fingerprint density at radius 2 is 2.29 bits per heavy atom. The van der Waals surface area contributed by atoms with Gasteiger partial charge in [0.2, 0.25) is 11.8 Å². The number of rotatable bonds is 1. The Bertz CT molecular complexity index is 320. The average Bonchev–Trinajstić information content (AvgIpc) is 2.28. The van der Waals surface area contributed by atoms with Crippen LogP contribution in [-0.4, -0.2) is 61.1 Å². The zero-order valence-electron chi connectivity index (χ0n) is 10.3. The topological polar surface area (TPSA) is 70.7 Å². The van der Waals surface area contributed by atoms with Crippen LogP contribution in [0.2, 0.25) is 0 Å². The van der Waals surface area contributed by atoms with Gasteiger partial charge in [0.15, 0.2) is 0 Å². The lowest BCUT2D eigenvalue weighted by Crippen LogP contribution is -2.61. The van der Waals surface area contributed by atoms with Crippen molar-refractivity contribution < 1.29 is 14.3 Å². The number of piperazine rings is 1. The molecule has 0 aromatic heterocycles. The van der Waals surface area contributed by atoms with Crippen molar-refractivity contribution in [2.75, 3.05) is 32.8 Å². The van der Waals surface area contributed by atoms with Crippen molar-refractivity contribution in [2.24, 2.45) is 0 Å². The molecule has 2 fully saturated rings. The number of hydrogen-bond acceptors (Lipinski definition) is 4. The standard InChI is InChI=1S/C11H19N3O3/c1-11(2)7-14(3-4-17-11)10(16)8-5-13-9(15)6-12-8/h8,12H,3-7H2,1-2H3,(H,13,15). The van der Waals surface area contributed by atoms with E-state index in [1.165, 1.54) is 0 Å². The molecule has 2 heterocycles. The highest BCUT2D eigenvalue weighted by Gasteiger charge is 2.34. The van der Waals surface area contributed by atoms with Crippen LogP contribution in [0.25, 0.3) is 0 Å². The molecule has 6 nitrogen and oxygen atoms in total. The minimum atomic E-state index is -0.304. The van der Waals surface area contributed by atoms with Gasteiger partial charge in [-0.1, -0.05) is 0 Å². The second kappa shape index (κ2) is 4.62. The monoisotopic (exact) mass is 241 g/mol. The third-order valence-electron chi connectivity index (χ3n) is 3.05. The van der Waals surface area contributed by atoms with Crippen LogP contribution >= 0.6 is 0 Å². The fraction of sp³-hybridized carbons (Fsp3) is 0.818. The molecule has 0 aromatic carbocycles. The average molecular weight is 241 g/mol. The Kier molecular flexibility index (Phi) is 3.35. The predicted molar refractivity (Wildman–Crippen MR) is 61.4 cm³/mol. The van der Waals surface area contributed by atoms with Crippen molar-refractivity contribution in [1.82, 2.24) is 15.5 Å². The van der Waals surface area contributed by atoms with Gasteiger partial charge in [-0.3, -0.25) is 14.9 Å². The third kappa shape index (κ3) is 2.95. The summed E-state index contributed by atoms with van der Waals surface area (Å²) in [4.78, 5) is 25.0. The highest BCUT2D eigenvalue weighted by atomic mass is 16.5. The fourth-order valence-corrected chi connectivity index (χ4v) is 2.17. The minimum Gasteiger partial charge on any atom is -0.372 e. The number of morpholine rings is 1. The molecular weight excluding hydrogens is 222 g/mol.